The lowest BCUT2D eigenvalue weighted by Crippen LogP contribution is -2.45. The molecule has 0 aromatic heterocycles. The van der Waals surface area contributed by atoms with Gasteiger partial charge in [0.05, 0.1) is 11.1 Å². The predicted molar refractivity (Wildman–Crippen MR) is 71.9 cm³/mol. The van der Waals surface area contributed by atoms with Crippen LogP contribution in [0.3, 0.4) is 0 Å². The number of benzene rings is 1. The van der Waals surface area contributed by atoms with Crippen LogP contribution in [-0.2, 0) is 15.6 Å². The van der Waals surface area contributed by atoms with Gasteiger partial charge in [-0.25, -0.2) is 4.79 Å². The summed E-state index contributed by atoms with van der Waals surface area (Å²) in [4.78, 5) is 36.4. The van der Waals surface area contributed by atoms with E-state index < -0.39 is 34.6 Å². The highest BCUT2D eigenvalue weighted by molar-refractivity contribution is 7.84. The number of hydrogen-bond donors (Lipinski definition) is 1. The van der Waals surface area contributed by atoms with E-state index in [4.69, 9.17) is 0 Å². The summed E-state index contributed by atoms with van der Waals surface area (Å²) in [7, 11) is -1.19. The van der Waals surface area contributed by atoms with Crippen LogP contribution in [0.2, 0.25) is 0 Å². The predicted octanol–water partition coefficient (Wildman–Crippen LogP) is 0.504. The van der Waals surface area contributed by atoms with E-state index in [0.29, 0.717) is 0 Å². The smallest absolute Gasteiger partial charge is 0.326 e. The number of carboxylic acids is 1. The normalized spacial score (nSPS) is 16.9. The zero-order chi connectivity index (χ0) is 14.9. The number of imide groups is 1. The number of hydrogen-bond acceptors (Lipinski definition) is 4. The Labute approximate surface area is 117 Å². The first kappa shape index (κ1) is 14.4. The minimum Gasteiger partial charge on any atom is -0.480 e. The molecule has 1 heterocycles. The van der Waals surface area contributed by atoms with Crippen LogP contribution < -0.4 is 0 Å². The Bertz CT molecular complexity index is 578. The van der Waals surface area contributed by atoms with Gasteiger partial charge in [0, 0.05) is 22.8 Å². The molecule has 0 unspecified atom stereocenters. The van der Waals surface area contributed by atoms with E-state index >= 15 is 0 Å². The van der Waals surface area contributed by atoms with Crippen molar-refractivity contribution in [3.05, 3.63) is 35.4 Å². The number of fused-ring (bicyclic) bond motifs is 1. The van der Waals surface area contributed by atoms with Crippen molar-refractivity contribution in [1.82, 2.24) is 4.90 Å². The van der Waals surface area contributed by atoms with Gasteiger partial charge in [0.1, 0.15) is 6.04 Å². The third-order valence-electron chi connectivity index (χ3n) is 3.10. The molecule has 1 N–H and O–H groups in total. The number of aliphatic carboxylic acids is 1. The van der Waals surface area contributed by atoms with Gasteiger partial charge < -0.3 is 5.11 Å². The minimum atomic E-state index is -1.29. The highest BCUT2D eigenvalue weighted by atomic mass is 32.2. The Balaban J connectivity index is 2.32. The quantitative estimate of drug-likeness (QED) is 0.799. The molecule has 6 nitrogen and oxygen atoms in total. The molecule has 0 bridgehead atoms. The maximum atomic E-state index is 12.2. The van der Waals surface area contributed by atoms with Crippen molar-refractivity contribution in [2.75, 3.05) is 12.0 Å². The molecule has 0 spiro atoms. The highest BCUT2D eigenvalue weighted by Crippen LogP contribution is 2.25. The maximum Gasteiger partial charge on any atom is 0.326 e. The molecular formula is C13H13NO5S. The van der Waals surface area contributed by atoms with E-state index in [9.17, 15) is 23.7 Å². The van der Waals surface area contributed by atoms with E-state index in [1.54, 1.807) is 12.1 Å². The number of rotatable bonds is 5. The van der Waals surface area contributed by atoms with Crippen molar-refractivity contribution in [3.8, 4) is 0 Å². The van der Waals surface area contributed by atoms with Gasteiger partial charge in [-0.2, -0.15) is 0 Å². The van der Waals surface area contributed by atoms with Crippen molar-refractivity contribution in [2.45, 2.75) is 12.5 Å². The standard InChI is InChI=1S/C13H13NO5S/c1-20(19)7-6-10(13(17)18)14-11(15)8-4-2-3-5-9(8)12(14)16/h2-5,10H,6-7H2,1H3,(H,17,18)/t10-,20+/m1/s1. The molecule has 2 atom stereocenters. The van der Waals surface area contributed by atoms with Crippen molar-refractivity contribution in [2.24, 2.45) is 0 Å². The monoisotopic (exact) mass is 295 g/mol. The fourth-order valence-electron chi connectivity index (χ4n) is 2.13. The number of carbonyl (C=O) groups excluding carboxylic acids is 2. The third-order valence-corrected chi connectivity index (χ3v) is 3.91. The Morgan fingerprint density at radius 3 is 2.15 bits per heavy atom. The van der Waals surface area contributed by atoms with Crippen molar-refractivity contribution >= 4 is 28.6 Å². The van der Waals surface area contributed by atoms with E-state index in [1.165, 1.54) is 18.4 Å². The second-order valence-electron chi connectivity index (χ2n) is 4.45. The summed E-state index contributed by atoms with van der Waals surface area (Å²) >= 11 is 0. The first-order valence-electron chi connectivity index (χ1n) is 5.93. The number of amides is 2. The van der Waals surface area contributed by atoms with Crippen molar-refractivity contribution in [3.63, 3.8) is 0 Å². The van der Waals surface area contributed by atoms with Crippen LogP contribution in [0.5, 0.6) is 0 Å². The summed E-state index contributed by atoms with van der Waals surface area (Å²) in [6, 6.07) is 4.93. The van der Waals surface area contributed by atoms with Crippen LogP contribution in [-0.4, -0.2) is 50.0 Å². The Morgan fingerprint density at radius 2 is 1.75 bits per heavy atom. The van der Waals surface area contributed by atoms with Crippen molar-refractivity contribution < 1.29 is 23.7 Å². The number of carbonyl (C=O) groups is 3. The van der Waals surface area contributed by atoms with Gasteiger partial charge in [-0.3, -0.25) is 18.7 Å². The molecule has 20 heavy (non-hydrogen) atoms. The molecule has 0 radical (unpaired) electrons. The van der Waals surface area contributed by atoms with E-state index in [1.807, 2.05) is 0 Å². The molecule has 1 aliphatic heterocycles. The largest absolute Gasteiger partial charge is 0.480 e. The van der Waals surface area contributed by atoms with Crippen LogP contribution in [0.4, 0.5) is 0 Å². The van der Waals surface area contributed by atoms with Gasteiger partial charge in [0.25, 0.3) is 11.8 Å². The summed E-state index contributed by atoms with van der Waals surface area (Å²) in [5, 5.41) is 9.22. The topological polar surface area (TPSA) is 91.8 Å². The summed E-state index contributed by atoms with van der Waals surface area (Å²) < 4.78 is 11.1. The van der Waals surface area contributed by atoms with Crippen LogP contribution in [0, 0.1) is 0 Å². The lowest BCUT2D eigenvalue weighted by molar-refractivity contribution is -0.141. The van der Waals surface area contributed by atoms with Crippen molar-refractivity contribution in [1.29, 1.82) is 0 Å². The summed E-state index contributed by atoms with van der Waals surface area (Å²) in [5.41, 5.74) is 0.419. The fourth-order valence-corrected chi connectivity index (χ4v) is 2.69. The van der Waals surface area contributed by atoms with Gasteiger partial charge in [0.15, 0.2) is 0 Å². The van der Waals surface area contributed by atoms with E-state index in [-0.39, 0.29) is 23.3 Å². The molecule has 106 valence electrons. The van der Waals surface area contributed by atoms with Crippen LogP contribution in [0.15, 0.2) is 24.3 Å². The Kier molecular flexibility index (Phi) is 3.99. The molecule has 1 aliphatic rings. The van der Waals surface area contributed by atoms with Gasteiger partial charge in [0.2, 0.25) is 0 Å². The van der Waals surface area contributed by atoms with Gasteiger partial charge in [-0.1, -0.05) is 12.1 Å². The molecule has 0 aliphatic carbocycles. The van der Waals surface area contributed by atoms with E-state index in [0.717, 1.165) is 4.90 Å². The third kappa shape index (κ3) is 2.49. The minimum absolute atomic E-state index is 0.0239. The fraction of sp³-hybridized carbons (Fsp3) is 0.308. The first-order chi connectivity index (χ1) is 9.43. The molecule has 0 saturated carbocycles. The summed E-state index contributed by atoms with van der Waals surface area (Å²) in [5.74, 6) is -2.38. The Morgan fingerprint density at radius 1 is 1.25 bits per heavy atom. The Hall–Kier alpha value is -2.02. The van der Waals surface area contributed by atoms with Crippen LogP contribution >= 0.6 is 0 Å². The molecule has 0 fully saturated rings. The molecule has 2 amide bonds. The first-order valence-corrected chi connectivity index (χ1v) is 7.66. The molecule has 0 saturated heterocycles. The second-order valence-corrected chi connectivity index (χ2v) is 6.00. The van der Waals surface area contributed by atoms with Crippen LogP contribution in [0.25, 0.3) is 0 Å². The highest BCUT2D eigenvalue weighted by Gasteiger charge is 2.42. The van der Waals surface area contributed by atoms with E-state index in [2.05, 4.69) is 0 Å². The molecular weight excluding hydrogens is 282 g/mol. The molecule has 7 heteroatoms. The van der Waals surface area contributed by atoms with Gasteiger partial charge in [-0.15, -0.1) is 0 Å². The lowest BCUT2D eigenvalue weighted by Gasteiger charge is -2.22. The average molecular weight is 295 g/mol. The number of carboxylic acid groups (broad SMARTS) is 1. The zero-order valence-corrected chi connectivity index (χ0v) is 11.6. The van der Waals surface area contributed by atoms with Crippen LogP contribution in [0.1, 0.15) is 27.1 Å². The summed E-state index contributed by atoms with van der Waals surface area (Å²) in [6.45, 7) is 0. The lowest BCUT2D eigenvalue weighted by atomic mass is 10.1. The summed E-state index contributed by atoms with van der Waals surface area (Å²) in [6.07, 6.45) is 1.42. The molecule has 1 aromatic rings. The van der Waals surface area contributed by atoms with Gasteiger partial charge >= 0.3 is 5.97 Å². The van der Waals surface area contributed by atoms with Gasteiger partial charge in [-0.05, 0) is 18.6 Å². The molecule has 1 aromatic carbocycles. The average Bonchev–Trinajstić information content (AvgIpc) is 2.64. The maximum absolute atomic E-state index is 12.2. The zero-order valence-electron chi connectivity index (χ0n) is 10.7. The SMILES string of the molecule is C[S@](=O)CC[C@H](C(=O)O)N1C(=O)c2ccccc2C1=O. The molecule has 2 rings (SSSR count). The second kappa shape index (κ2) is 5.54. The number of nitrogens with zero attached hydrogens (tertiary/aromatic N) is 1.